The average Bonchev–Trinajstić information content (AvgIpc) is 2.96. The molecule has 1 atom stereocenters. The van der Waals surface area contributed by atoms with E-state index in [-0.39, 0.29) is 18.3 Å². The Morgan fingerprint density at radius 3 is 2.83 bits per heavy atom. The predicted octanol–water partition coefficient (Wildman–Crippen LogP) is 3.44. The summed E-state index contributed by atoms with van der Waals surface area (Å²) in [6, 6.07) is 8.77. The molecule has 24 heavy (non-hydrogen) atoms. The number of rotatable bonds is 7. The largest absolute Gasteiger partial charge is 0.460 e. The minimum Gasteiger partial charge on any atom is -0.460 e. The average molecular weight is 369 g/mol. The fraction of sp³-hybridized carbons (Fsp3) is 0.312. The van der Waals surface area contributed by atoms with Gasteiger partial charge in [0.05, 0.1) is 11.0 Å². The van der Waals surface area contributed by atoms with Crippen LogP contribution >= 0.6 is 23.4 Å². The van der Waals surface area contributed by atoms with Crippen molar-refractivity contribution in [3.63, 3.8) is 0 Å². The molecule has 1 aromatic heterocycles. The number of carbonyl (C=O) groups is 2. The van der Waals surface area contributed by atoms with Crippen LogP contribution in [-0.4, -0.2) is 28.0 Å². The number of esters is 1. The van der Waals surface area contributed by atoms with E-state index in [0.717, 1.165) is 5.56 Å². The Morgan fingerprint density at radius 2 is 2.17 bits per heavy atom. The van der Waals surface area contributed by atoms with Crippen molar-refractivity contribution in [1.82, 2.24) is 5.16 Å². The van der Waals surface area contributed by atoms with Crippen LogP contribution in [0.25, 0.3) is 0 Å². The highest BCUT2D eigenvalue weighted by Gasteiger charge is 2.17. The first-order valence-electron chi connectivity index (χ1n) is 7.20. The number of nitrogens with one attached hydrogen (secondary N) is 1. The molecule has 6 nitrogen and oxygen atoms in total. The molecule has 0 saturated carbocycles. The third-order valence-corrected chi connectivity index (χ3v) is 4.53. The molecular formula is C16H17ClN2O4S. The van der Waals surface area contributed by atoms with Gasteiger partial charge in [-0.05, 0) is 19.9 Å². The van der Waals surface area contributed by atoms with Crippen LogP contribution in [0, 0.1) is 6.92 Å². The number of thioether (sulfide) groups is 1. The summed E-state index contributed by atoms with van der Waals surface area (Å²) in [6.07, 6.45) is 0. The molecule has 0 fully saturated rings. The highest BCUT2D eigenvalue weighted by molar-refractivity contribution is 8.01. The predicted molar refractivity (Wildman–Crippen MR) is 93.0 cm³/mol. The Hall–Kier alpha value is -1.99. The van der Waals surface area contributed by atoms with Crippen LogP contribution in [0.2, 0.25) is 5.02 Å². The van der Waals surface area contributed by atoms with Crippen LogP contribution in [0.1, 0.15) is 18.2 Å². The summed E-state index contributed by atoms with van der Waals surface area (Å²) in [4.78, 5) is 23.7. The summed E-state index contributed by atoms with van der Waals surface area (Å²) in [5.74, 6) is 0.362. The number of hydrogen-bond donors (Lipinski definition) is 1. The molecule has 0 radical (unpaired) electrons. The van der Waals surface area contributed by atoms with Crippen molar-refractivity contribution < 1.29 is 18.8 Å². The molecule has 128 valence electrons. The summed E-state index contributed by atoms with van der Waals surface area (Å²) in [5, 5.41) is 6.42. The fourth-order valence-corrected chi connectivity index (χ4v) is 2.61. The summed E-state index contributed by atoms with van der Waals surface area (Å²) in [7, 11) is 0. The smallest absolute Gasteiger partial charge is 0.316 e. The van der Waals surface area contributed by atoms with Gasteiger partial charge in [-0.3, -0.25) is 9.59 Å². The number of anilines is 1. The summed E-state index contributed by atoms with van der Waals surface area (Å²) < 4.78 is 10.0. The molecule has 2 rings (SSSR count). The molecule has 0 unspecified atom stereocenters. The number of amides is 1. The molecule has 0 saturated heterocycles. The SMILES string of the molecule is Cc1cc(NC(=O)[C@@H](C)SCC(=O)OCc2ccccc2Cl)no1. The van der Waals surface area contributed by atoms with Gasteiger partial charge in [0.1, 0.15) is 12.4 Å². The van der Waals surface area contributed by atoms with Gasteiger partial charge in [-0.15, -0.1) is 11.8 Å². The topological polar surface area (TPSA) is 81.4 Å². The van der Waals surface area contributed by atoms with Crippen LogP contribution < -0.4 is 5.32 Å². The molecule has 0 aliphatic heterocycles. The number of aromatic nitrogens is 1. The van der Waals surface area contributed by atoms with Crippen molar-refractivity contribution >= 4 is 41.1 Å². The maximum atomic E-state index is 12.0. The molecule has 2 aromatic rings. The van der Waals surface area contributed by atoms with E-state index in [1.807, 2.05) is 6.07 Å². The zero-order valence-corrected chi connectivity index (χ0v) is 14.8. The first-order valence-corrected chi connectivity index (χ1v) is 8.63. The van der Waals surface area contributed by atoms with E-state index in [0.29, 0.717) is 16.6 Å². The van der Waals surface area contributed by atoms with Crippen molar-refractivity contribution in [3.05, 3.63) is 46.7 Å². The number of ether oxygens (including phenoxy) is 1. The Bertz CT molecular complexity index is 720. The van der Waals surface area contributed by atoms with Crippen LogP contribution in [-0.2, 0) is 20.9 Å². The Kier molecular flexibility index (Phi) is 6.69. The molecule has 0 aliphatic carbocycles. The number of carbonyl (C=O) groups excluding carboxylic acids is 2. The van der Waals surface area contributed by atoms with Crippen LogP contribution in [0.5, 0.6) is 0 Å². The summed E-state index contributed by atoms with van der Waals surface area (Å²) in [6.45, 7) is 3.54. The van der Waals surface area contributed by atoms with Crippen LogP contribution in [0.3, 0.4) is 0 Å². The van der Waals surface area contributed by atoms with Gasteiger partial charge in [-0.2, -0.15) is 0 Å². The zero-order chi connectivity index (χ0) is 17.5. The highest BCUT2D eigenvalue weighted by atomic mass is 35.5. The number of benzene rings is 1. The normalized spacial score (nSPS) is 11.8. The van der Waals surface area contributed by atoms with Crippen molar-refractivity contribution in [2.45, 2.75) is 25.7 Å². The molecule has 0 bridgehead atoms. The lowest BCUT2D eigenvalue weighted by atomic mass is 10.2. The quantitative estimate of drug-likeness (QED) is 0.754. The van der Waals surface area contributed by atoms with E-state index < -0.39 is 11.2 Å². The molecule has 1 aromatic carbocycles. The van der Waals surface area contributed by atoms with Crippen molar-refractivity contribution in [1.29, 1.82) is 0 Å². The second kappa shape index (κ2) is 8.75. The summed E-state index contributed by atoms with van der Waals surface area (Å²) >= 11 is 7.17. The molecule has 1 amide bonds. The minimum absolute atomic E-state index is 0.0664. The van der Waals surface area contributed by atoms with Gasteiger partial charge in [-0.25, -0.2) is 0 Å². The maximum absolute atomic E-state index is 12.0. The van der Waals surface area contributed by atoms with Gasteiger partial charge in [0.2, 0.25) is 5.91 Å². The van der Waals surface area contributed by atoms with Gasteiger partial charge in [0.15, 0.2) is 5.82 Å². The van der Waals surface area contributed by atoms with E-state index in [9.17, 15) is 9.59 Å². The summed E-state index contributed by atoms with van der Waals surface area (Å²) in [5.41, 5.74) is 0.740. The van der Waals surface area contributed by atoms with Gasteiger partial charge in [0, 0.05) is 16.7 Å². The van der Waals surface area contributed by atoms with Gasteiger partial charge in [-0.1, -0.05) is 35.0 Å². The first-order chi connectivity index (χ1) is 11.5. The Morgan fingerprint density at radius 1 is 1.42 bits per heavy atom. The number of hydrogen-bond acceptors (Lipinski definition) is 6. The molecule has 1 N–H and O–H groups in total. The van der Waals surface area contributed by atoms with Gasteiger partial charge < -0.3 is 14.6 Å². The van der Waals surface area contributed by atoms with Crippen molar-refractivity contribution in [3.8, 4) is 0 Å². The first kappa shape index (κ1) is 18.4. The van der Waals surface area contributed by atoms with Crippen molar-refractivity contribution in [2.75, 3.05) is 11.1 Å². The maximum Gasteiger partial charge on any atom is 0.316 e. The lowest BCUT2D eigenvalue weighted by Gasteiger charge is -2.10. The second-order valence-electron chi connectivity index (χ2n) is 5.02. The number of aryl methyl sites for hydroxylation is 1. The molecule has 1 heterocycles. The second-order valence-corrected chi connectivity index (χ2v) is 6.75. The molecule has 0 aliphatic rings. The monoisotopic (exact) mass is 368 g/mol. The lowest BCUT2D eigenvalue weighted by Crippen LogP contribution is -2.24. The third-order valence-electron chi connectivity index (χ3n) is 3.05. The van der Waals surface area contributed by atoms with E-state index in [1.54, 1.807) is 38.1 Å². The van der Waals surface area contributed by atoms with E-state index in [2.05, 4.69) is 10.5 Å². The molecule has 8 heteroatoms. The van der Waals surface area contributed by atoms with Crippen LogP contribution in [0.15, 0.2) is 34.9 Å². The standard InChI is InChI=1S/C16H17ClN2O4S/c1-10-7-14(19-23-10)18-16(21)11(2)24-9-15(20)22-8-12-5-3-4-6-13(12)17/h3-7,11H,8-9H2,1-2H3,(H,18,19,21)/t11-/m1/s1. The zero-order valence-electron chi connectivity index (χ0n) is 13.2. The highest BCUT2D eigenvalue weighted by Crippen LogP contribution is 2.17. The lowest BCUT2D eigenvalue weighted by molar-refractivity contribution is -0.141. The fourth-order valence-electron chi connectivity index (χ4n) is 1.74. The van der Waals surface area contributed by atoms with Crippen LogP contribution in [0.4, 0.5) is 5.82 Å². The Balaban J connectivity index is 1.72. The molecule has 0 spiro atoms. The van der Waals surface area contributed by atoms with Crippen molar-refractivity contribution in [2.24, 2.45) is 0 Å². The minimum atomic E-state index is -0.435. The van der Waals surface area contributed by atoms with E-state index in [4.69, 9.17) is 20.9 Å². The number of nitrogens with zero attached hydrogens (tertiary/aromatic N) is 1. The molecular weight excluding hydrogens is 352 g/mol. The van der Waals surface area contributed by atoms with E-state index in [1.165, 1.54) is 11.8 Å². The van der Waals surface area contributed by atoms with Gasteiger partial charge in [0.25, 0.3) is 0 Å². The van der Waals surface area contributed by atoms with E-state index >= 15 is 0 Å². The number of halogens is 1. The van der Waals surface area contributed by atoms with Gasteiger partial charge >= 0.3 is 5.97 Å². The third kappa shape index (κ3) is 5.58. The Labute approximate surface area is 148 Å².